The van der Waals surface area contributed by atoms with Crippen LogP contribution in [0.25, 0.3) is 0 Å². The van der Waals surface area contributed by atoms with Gasteiger partial charge in [0.25, 0.3) is 0 Å². The van der Waals surface area contributed by atoms with Crippen LogP contribution in [0.4, 0.5) is 0 Å². The maximum absolute atomic E-state index is 13.5. The van der Waals surface area contributed by atoms with Gasteiger partial charge in [-0.1, -0.05) is 83.5 Å². The first kappa shape index (κ1) is 85.0. The molecule has 1 aliphatic rings. The molecule has 0 radical (unpaired) electrons. The van der Waals surface area contributed by atoms with E-state index in [0.717, 1.165) is 51.4 Å². The van der Waals surface area contributed by atoms with E-state index in [1.54, 1.807) is 11.1 Å². The molecule has 0 unspecified atom stereocenters. The molecule has 0 aromatic carbocycles. The maximum Gasteiger partial charge on any atom is 0.326 e. The van der Waals surface area contributed by atoms with Crippen LogP contribution in [0.5, 0.6) is 0 Å². The average Bonchev–Trinajstić information content (AvgIpc) is 1.85. The number of aliphatic carboxylic acids is 5. The first-order valence-electron chi connectivity index (χ1n) is 34.2. The zero-order chi connectivity index (χ0) is 70.7. The number of nitrogens with zero attached hydrogens (tertiary/aromatic N) is 2. The number of Topliss-reactive ketones (excluding diaryl/α,β-unsaturated/α-hetero) is 4. The molecule has 4 amide bonds. The highest BCUT2D eigenvalue weighted by atomic mass is 16.5. The number of aromatic amines is 1. The highest BCUT2D eigenvalue weighted by Gasteiger charge is 2.34. The molecule has 0 bridgehead atoms. The molecule has 12 N–H and O–H groups in total. The smallest absolute Gasteiger partial charge is 0.326 e. The van der Waals surface area contributed by atoms with Crippen molar-refractivity contribution in [1.82, 2.24) is 36.1 Å². The predicted molar refractivity (Wildman–Crippen MR) is 347 cm³/mol. The second-order valence-electron chi connectivity index (χ2n) is 24.5. The molecule has 2 heterocycles. The number of carbonyl (C=O) groups is 13. The highest BCUT2D eigenvalue weighted by Crippen LogP contribution is 2.23. The van der Waals surface area contributed by atoms with Crippen molar-refractivity contribution in [2.45, 2.75) is 230 Å². The SMILES string of the molecule is N[C@@H](Cc1cnc[nH]1)C(=O)C[C@@H](CCCCNC(=O)CC[C@H](CC(=O)CC[C@H](NC(=O)COCCOCCCC(=O)COCCOCCNC(=O)CC[C@H](NC(=O)CCCCCCCCCCCCCCCCC(=O)O)C(=O)O)C(=O)O)C(=O)O)C(=O)CN1CCC[C@H]1C(=O)O. The number of rotatable bonds is 64. The number of amides is 4. The van der Waals surface area contributed by atoms with Gasteiger partial charge < -0.3 is 76.5 Å². The van der Waals surface area contributed by atoms with Gasteiger partial charge in [0.1, 0.15) is 42.9 Å². The summed E-state index contributed by atoms with van der Waals surface area (Å²) < 4.78 is 21.5. The quantitative estimate of drug-likeness (QED) is 0.0406. The molecule has 30 heteroatoms. The van der Waals surface area contributed by atoms with Crippen molar-refractivity contribution >= 4 is 76.6 Å². The Morgan fingerprint density at radius 2 is 1.06 bits per heavy atom. The van der Waals surface area contributed by atoms with E-state index in [1.165, 1.54) is 38.4 Å². The molecule has 544 valence electrons. The lowest BCUT2D eigenvalue weighted by Gasteiger charge is -2.24. The van der Waals surface area contributed by atoms with Crippen LogP contribution in [0.1, 0.15) is 205 Å². The van der Waals surface area contributed by atoms with Gasteiger partial charge in [0.05, 0.1) is 57.9 Å². The number of ether oxygens (including phenoxy) is 4. The van der Waals surface area contributed by atoms with Crippen molar-refractivity contribution in [3.63, 3.8) is 0 Å². The van der Waals surface area contributed by atoms with Crippen molar-refractivity contribution in [1.29, 1.82) is 0 Å². The number of hydrogen-bond acceptors (Lipinski definition) is 20. The summed E-state index contributed by atoms with van der Waals surface area (Å²) in [5.74, 6) is -11.1. The number of nitrogens with two attached hydrogens (primary N) is 1. The normalized spacial score (nSPS) is 14.6. The Hall–Kier alpha value is -7.12. The minimum absolute atomic E-state index is 0.0361. The molecule has 1 fully saturated rings. The minimum Gasteiger partial charge on any atom is -0.481 e. The monoisotopic (exact) mass is 1360 g/mol. The third kappa shape index (κ3) is 43.1. The third-order valence-corrected chi connectivity index (χ3v) is 16.4. The summed E-state index contributed by atoms with van der Waals surface area (Å²) in [6, 6.07) is -4.35. The van der Waals surface area contributed by atoms with E-state index in [-0.39, 0.29) is 166 Å². The molecule has 1 aliphatic heterocycles. The Kier molecular flexibility index (Phi) is 46.9. The van der Waals surface area contributed by atoms with Crippen molar-refractivity contribution in [3.05, 3.63) is 18.2 Å². The zero-order valence-corrected chi connectivity index (χ0v) is 55.9. The third-order valence-electron chi connectivity index (χ3n) is 16.4. The van der Waals surface area contributed by atoms with Crippen LogP contribution in [0, 0.1) is 11.8 Å². The van der Waals surface area contributed by atoms with E-state index < -0.39 is 102 Å². The lowest BCUT2D eigenvalue weighted by Crippen LogP contribution is -2.42. The molecule has 30 nitrogen and oxygen atoms in total. The number of nitrogens with one attached hydrogen (secondary N) is 5. The number of carboxylic acids is 5. The molecule has 1 aromatic heterocycles. The number of carbonyl (C=O) groups excluding carboxylic acids is 8. The minimum atomic E-state index is -1.48. The van der Waals surface area contributed by atoms with E-state index in [1.807, 2.05) is 0 Å². The standard InChI is InChI=1S/C66H108N8O22/c67-52(41-49-42-68-46-71-49)56(77)40-47(57(78)43-74-32-17-21-55(74)66(91)92)19-15-16-30-69-58(79)28-24-48(63(85)86)39-50(75)25-26-53(64(87)88)73-61(82)45-96-38-35-93-33-18-20-51(76)44-95-37-36-94-34-31-70-59(80)29-27-54(65(89)90)72-60(81)22-13-11-9-7-5-3-1-2-4-6-8-10-12-14-23-62(83)84/h42,46-48,52-55H,1-41,43-45,67H2,(H,68,71)(H,69,79)(H,70,80)(H,72,81)(H,73,82)(H,83,84)(H,85,86)(H,87,88)(H,89,90)(H,91,92)/t47-,48-,52+,53+,54+,55+/m1/s1. The van der Waals surface area contributed by atoms with Crippen molar-refractivity contribution < 1.29 is 107 Å². The van der Waals surface area contributed by atoms with E-state index in [4.69, 9.17) is 29.8 Å². The molecule has 0 aliphatic carbocycles. The number of likely N-dealkylation sites (tertiary alicyclic amines) is 1. The summed E-state index contributed by atoms with van der Waals surface area (Å²) in [6.45, 7) is 0.594. The highest BCUT2D eigenvalue weighted by molar-refractivity contribution is 5.92. The summed E-state index contributed by atoms with van der Waals surface area (Å²) in [7, 11) is 0. The van der Waals surface area contributed by atoms with Gasteiger partial charge >= 0.3 is 29.8 Å². The van der Waals surface area contributed by atoms with Crippen LogP contribution in [-0.4, -0.2) is 220 Å². The molecule has 0 spiro atoms. The van der Waals surface area contributed by atoms with Gasteiger partial charge in [-0.2, -0.15) is 0 Å². The summed E-state index contributed by atoms with van der Waals surface area (Å²) >= 11 is 0. The average molecular weight is 1370 g/mol. The van der Waals surface area contributed by atoms with Gasteiger partial charge in [-0.3, -0.25) is 57.6 Å². The van der Waals surface area contributed by atoms with Crippen LogP contribution in [0.2, 0.25) is 0 Å². The van der Waals surface area contributed by atoms with Gasteiger partial charge in [0.15, 0.2) is 11.6 Å². The Labute approximate surface area is 562 Å². The van der Waals surface area contributed by atoms with E-state index in [0.29, 0.717) is 50.8 Å². The summed E-state index contributed by atoms with van der Waals surface area (Å²) in [6.07, 6.45) is 19.1. The fourth-order valence-electron chi connectivity index (χ4n) is 10.8. The Morgan fingerprint density at radius 3 is 1.65 bits per heavy atom. The van der Waals surface area contributed by atoms with Crippen LogP contribution < -0.4 is 27.0 Å². The summed E-state index contributed by atoms with van der Waals surface area (Å²) in [4.78, 5) is 168. The largest absolute Gasteiger partial charge is 0.481 e. The second-order valence-corrected chi connectivity index (χ2v) is 24.5. The van der Waals surface area contributed by atoms with Gasteiger partial charge in [0, 0.05) is 95.3 Å². The van der Waals surface area contributed by atoms with E-state index >= 15 is 0 Å². The van der Waals surface area contributed by atoms with Gasteiger partial charge in [-0.25, -0.2) is 14.6 Å². The van der Waals surface area contributed by atoms with Gasteiger partial charge in [-0.05, 0) is 70.8 Å². The zero-order valence-electron chi connectivity index (χ0n) is 55.9. The molecule has 1 saturated heterocycles. The fraction of sp³-hybridized carbons (Fsp3) is 0.758. The number of carboxylic acid groups (broad SMARTS) is 5. The summed E-state index contributed by atoms with van der Waals surface area (Å²) in [5, 5.41) is 57.5. The molecular weight excluding hydrogens is 1260 g/mol. The second kappa shape index (κ2) is 53.0. The number of imidazole rings is 1. The van der Waals surface area contributed by atoms with Crippen LogP contribution in [0.3, 0.4) is 0 Å². The summed E-state index contributed by atoms with van der Waals surface area (Å²) in [5.41, 5.74) is 6.81. The molecule has 2 rings (SSSR count). The molecule has 1 aromatic rings. The molecule has 96 heavy (non-hydrogen) atoms. The molecule has 0 saturated carbocycles. The Bertz CT molecular complexity index is 2500. The molecular formula is C66H108N8O22. The lowest BCUT2D eigenvalue weighted by molar-refractivity contribution is -0.145. The van der Waals surface area contributed by atoms with E-state index in [2.05, 4.69) is 31.2 Å². The topological polar surface area (TPSA) is 466 Å². The number of ketones is 4. The first-order valence-corrected chi connectivity index (χ1v) is 34.2. The van der Waals surface area contributed by atoms with Crippen LogP contribution >= 0.6 is 0 Å². The number of hydrogen-bond donors (Lipinski definition) is 11. The predicted octanol–water partition coefficient (Wildman–Crippen LogP) is 4.26. The molecule has 6 atom stereocenters. The van der Waals surface area contributed by atoms with Crippen molar-refractivity contribution in [2.24, 2.45) is 17.6 Å². The van der Waals surface area contributed by atoms with E-state index in [9.17, 15) is 82.8 Å². The number of aromatic nitrogens is 2. The number of unbranched alkanes of at least 4 members (excludes halogenated alkanes) is 14. The Morgan fingerprint density at radius 1 is 0.510 bits per heavy atom. The van der Waals surface area contributed by atoms with Crippen molar-refractivity contribution in [3.8, 4) is 0 Å². The van der Waals surface area contributed by atoms with Gasteiger partial charge in [0.2, 0.25) is 23.6 Å². The maximum atomic E-state index is 13.5. The lowest BCUT2D eigenvalue weighted by atomic mass is 9.89. The van der Waals surface area contributed by atoms with Crippen molar-refractivity contribution in [2.75, 3.05) is 79.0 Å². The fourth-order valence-corrected chi connectivity index (χ4v) is 10.8. The number of H-pyrrole nitrogens is 1. The Balaban J connectivity index is 1.49. The van der Waals surface area contributed by atoms with Crippen LogP contribution in [0.15, 0.2) is 12.5 Å². The van der Waals surface area contributed by atoms with Crippen LogP contribution in [-0.2, 0) is 87.7 Å². The first-order chi connectivity index (χ1) is 46.1. The van der Waals surface area contributed by atoms with Gasteiger partial charge in [-0.15, -0.1) is 0 Å².